The van der Waals surface area contributed by atoms with E-state index in [0.29, 0.717) is 12.1 Å². The average molecular weight is 249 g/mol. The van der Waals surface area contributed by atoms with Crippen LogP contribution in [-0.4, -0.2) is 15.8 Å². The third kappa shape index (κ3) is 4.13. The molecule has 1 aromatic rings. The minimum Gasteiger partial charge on any atom is -0.308 e. The summed E-state index contributed by atoms with van der Waals surface area (Å²) in [4.78, 5) is 0. The molecule has 0 unspecified atom stereocenters. The summed E-state index contributed by atoms with van der Waals surface area (Å²) in [6.07, 6.45) is 11.8. The van der Waals surface area contributed by atoms with Crippen LogP contribution >= 0.6 is 0 Å². The lowest BCUT2D eigenvalue weighted by molar-refractivity contribution is 0.386. The molecule has 0 atom stereocenters. The summed E-state index contributed by atoms with van der Waals surface area (Å²) in [5.74, 6) is 0. The first-order chi connectivity index (χ1) is 8.75. The van der Waals surface area contributed by atoms with Crippen molar-refractivity contribution in [2.45, 2.75) is 77.4 Å². The molecule has 1 aliphatic rings. The minimum atomic E-state index is 0.458. The lowest BCUT2D eigenvalue weighted by Crippen LogP contribution is -2.29. The van der Waals surface area contributed by atoms with Crippen LogP contribution in [0.1, 0.15) is 70.5 Å². The Morgan fingerprint density at radius 3 is 2.50 bits per heavy atom. The van der Waals surface area contributed by atoms with E-state index in [1.807, 2.05) is 4.68 Å². The van der Waals surface area contributed by atoms with E-state index < -0.39 is 0 Å². The van der Waals surface area contributed by atoms with Crippen molar-refractivity contribution in [1.29, 1.82) is 0 Å². The highest BCUT2D eigenvalue weighted by Gasteiger charge is 2.11. The Bertz CT molecular complexity index is 335. The van der Waals surface area contributed by atoms with Crippen molar-refractivity contribution in [3.05, 3.63) is 18.0 Å². The third-order valence-corrected chi connectivity index (χ3v) is 3.87. The van der Waals surface area contributed by atoms with Gasteiger partial charge in [-0.2, -0.15) is 5.10 Å². The van der Waals surface area contributed by atoms with Gasteiger partial charge in [0.15, 0.2) is 0 Å². The van der Waals surface area contributed by atoms with Gasteiger partial charge in [0.2, 0.25) is 0 Å². The molecule has 0 aromatic carbocycles. The van der Waals surface area contributed by atoms with E-state index in [4.69, 9.17) is 0 Å². The Labute approximate surface area is 111 Å². The summed E-state index contributed by atoms with van der Waals surface area (Å²) < 4.78 is 2.04. The van der Waals surface area contributed by atoms with Gasteiger partial charge in [0.1, 0.15) is 0 Å². The predicted octanol–water partition coefficient (Wildman–Crippen LogP) is 3.67. The maximum atomic E-state index is 4.59. The van der Waals surface area contributed by atoms with Crippen LogP contribution in [0.5, 0.6) is 0 Å². The van der Waals surface area contributed by atoms with Crippen molar-refractivity contribution in [3.8, 4) is 0 Å². The highest BCUT2D eigenvalue weighted by atomic mass is 15.3. The molecule has 1 saturated carbocycles. The lowest BCUT2D eigenvalue weighted by atomic mass is 9.97. The standard InChI is InChI=1S/C15H27N3/c1-13(2)18-11-10-15(17-18)12-16-14-8-6-4-3-5-7-9-14/h10-11,13-14,16H,3-9,12H2,1-2H3. The molecule has 0 spiro atoms. The predicted molar refractivity (Wildman–Crippen MR) is 75.6 cm³/mol. The summed E-state index contributed by atoms with van der Waals surface area (Å²) in [7, 11) is 0. The molecule has 102 valence electrons. The zero-order chi connectivity index (χ0) is 12.8. The fourth-order valence-electron chi connectivity index (χ4n) is 2.67. The first kappa shape index (κ1) is 13.6. The molecule has 2 rings (SSSR count). The molecule has 0 radical (unpaired) electrons. The highest BCUT2D eigenvalue weighted by molar-refractivity contribution is 4.99. The second kappa shape index (κ2) is 6.93. The van der Waals surface area contributed by atoms with Crippen molar-refractivity contribution in [1.82, 2.24) is 15.1 Å². The van der Waals surface area contributed by atoms with Crippen LogP contribution in [0.25, 0.3) is 0 Å². The third-order valence-electron chi connectivity index (χ3n) is 3.87. The van der Waals surface area contributed by atoms with E-state index in [1.54, 1.807) is 0 Å². The summed E-state index contributed by atoms with van der Waals surface area (Å²) in [6.45, 7) is 5.25. The quantitative estimate of drug-likeness (QED) is 0.882. The molecule has 0 aliphatic heterocycles. The molecule has 0 bridgehead atoms. The van der Waals surface area contributed by atoms with E-state index in [-0.39, 0.29) is 0 Å². The SMILES string of the molecule is CC(C)n1ccc(CNC2CCCCCCC2)n1. The van der Waals surface area contributed by atoms with Gasteiger partial charge < -0.3 is 5.32 Å². The molecule has 1 N–H and O–H groups in total. The number of hydrogen-bond donors (Lipinski definition) is 1. The van der Waals surface area contributed by atoms with Gasteiger partial charge in [0, 0.05) is 24.8 Å². The van der Waals surface area contributed by atoms with Gasteiger partial charge in [0.25, 0.3) is 0 Å². The Balaban J connectivity index is 1.78. The van der Waals surface area contributed by atoms with Gasteiger partial charge in [-0.25, -0.2) is 0 Å². The van der Waals surface area contributed by atoms with Gasteiger partial charge in [-0.3, -0.25) is 4.68 Å². The maximum Gasteiger partial charge on any atom is 0.0762 e. The van der Waals surface area contributed by atoms with Gasteiger partial charge in [-0.1, -0.05) is 32.1 Å². The maximum absolute atomic E-state index is 4.59. The average Bonchev–Trinajstić information content (AvgIpc) is 2.76. The second-order valence-corrected chi connectivity index (χ2v) is 5.80. The number of aromatic nitrogens is 2. The molecule has 3 heteroatoms. The summed E-state index contributed by atoms with van der Waals surface area (Å²) in [6, 6.07) is 3.30. The molecule has 18 heavy (non-hydrogen) atoms. The number of nitrogens with zero attached hydrogens (tertiary/aromatic N) is 2. The van der Waals surface area contributed by atoms with Crippen LogP contribution in [0.2, 0.25) is 0 Å². The van der Waals surface area contributed by atoms with Crippen molar-refractivity contribution in [2.24, 2.45) is 0 Å². The van der Waals surface area contributed by atoms with Crippen LogP contribution < -0.4 is 5.32 Å². The Kier molecular flexibility index (Phi) is 5.24. The summed E-state index contributed by atoms with van der Waals surface area (Å²) in [5, 5.41) is 8.27. The van der Waals surface area contributed by atoms with Crippen LogP contribution in [-0.2, 0) is 6.54 Å². The fourth-order valence-corrected chi connectivity index (χ4v) is 2.67. The molecule has 0 saturated heterocycles. The van der Waals surface area contributed by atoms with Crippen molar-refractivity contribution in [2.75, 3.05) is 0 Å². The lowest BCUT2D eigenvalue weighted by Gasteiger charge is -2.20. The molecule has 1 aliphatic carbocycles. The van der Waals surface area contributed by atoms with Crippen LogP contribution in [0, 0.1) is 0 Å². The number of nitrogens with one attached hydrogen (secondary N) is 1. The second-order valence-electron chi connectivity index (χ2n) is 5.80. The van der Waals surface area contributed by atoms with E-state index in [2.05, 4.69) is 36.5 Å². The van der Waals surface area contributed by atoms with E-state index in [1.165, 1.54) is 50.6 Å². The molecular formula is C15H27N3. The summed E-state index contributed by atoms with van der Waals surface area (Å²) >= 11 is 0. The largest absolute Gasteiger partial charge is 0.308 e. The zero-order valence-corrected chi connectivity index (χ0v) is 11.9. The fraction of sp³-hybridized carbons (Fsp3) is 0.800. The number of rotatable bonds is 4. The summed E-state index contributed by atoms with van der Waals surface area (Å²) in [5.41, 5.74) is 1.17. The van der Waals surface area contributed by atoms with Gasteiger partial charge in [-0.05, 0) is 32.8 Å². The van der Waals surface area contributed by atoms with Crippen molar-refractivity contribution in [3.63, 3.8) is 0 Å². The first-order valence-corrected chi connectivity index (χ1v) is 7.53. The van der Waals surface area contributed by atoms with Crippen molar-refractivity contribution >= 4 is 0 Å². The molecule has 1 heterocycles. The van der Waals surface area contributed by atoms with Crippen LogP contribution in [0.15, 0.2) is 12.3 Å². The van der Waals surface area contributed by atoms with E-state index in [0.717, 1.165) is 6.54 Å². The smallest absolute Gasteiger partial charge is 0.0762 e. The monoisotopic (exact) mass is 249 g/mol. The van der Waals surface area contributed by atoms with Crippen molar-refractivity contribution < 1.29 is 0 Å². The molecule has 1 aromatic heterocycles. The van der Waals surface area contributed by atoms with Crippen LogP contribution in [0.4, 0.5) is 0 Å². The van der Waals surface area contributed by atoms with Gasteiger partial charge in [0.05, 0.1) is 5.69 Å². The zero-order valence-electron chi connectivity index (χ0n) is 11.9. The molecule has 0 amide bonds. The van der Waals surface area contributed by atoms with E-state index >= 15 is 0 Å². The molecule has 1 fully saturated rings. The molecular weight excluding hydrogens is 222 g/mol. The Morgan fingerprint density at radius 1 is 1.22 bits per heavy atom. The normalized spacial score (nSPS) is 18.8. The van der Waals surface area contributed by atoms with Crippen LogP contribution in [0.3, 0.4) is 0 Å². The number of hydrogen-bond acceptors (Lipinski definition) is 2. The minimum absolute atomic E-state index is 0.458. The topological polar surface area (TPSA) is 29.9 Å². The Hall–Kier alpha value is -0.830. The molecule has 3 nitrogen and oxygen atoms in total. The van der Waals surface area contributed by atoms with E-state index in [9.17, 15) is 0 Å². The van der Waals surface area contributed by atoms with Gasteiger partial charge in [-0.15, -0.1) is 0 Å². The van der Waals surface area contributed by atoms with Gasteiger partial charge >= 0.3 is 0 Å². The highest BCUT2D eigenvalue weighted by Crippen LogP contribution is 2.17. The Morgan fingerprint density at radius 2 is 1.89 bits per heavy atom. The first-order valence-electron chi connectivity index (χ1n) is 7.53.